The van der Waals surface area contributed by atoms with E-state index in [1.54, 1.807) is 18.2 Å². The number of carbonyl (C=O) groups is 2. The van der Waals surface area contributed by atoms with Crippen LogP contribution in [0.5, 0.6) is 0 Å². The van der Waals surface area contributed by atoms with Gasteiger partial charge in [-0.2, -0.15) is 0 Å². The third kappa shape index (κ3) is 5.71. The Morgan fingerprint density at radius 3 is 2.49 bits per heavy atom. The van der Waals surface area contributed by atoms with Crippen LogP contribution < -0.4 is 10.2 Å². The number of halogens is 1. The molecule has 4 aromatic rings. The standard InChI is InChI=1S/C27H28FN5O2/c1-19(2)15-16-29-27(35)26(20-9-4-3-5-10-20)33(22-12-8-11-21(28)17-22)25(34)18-32-24-14-7-6-13-23(24)30-31-32/h3-14,17,19,26H,15-16,18H2,1-2H3,(H,29,35)/t26-/m0/s1. The average Bonchev–Trinajstić information content (AvgIpc) is 3.25. The third-order valence-corrected chi connectivity index (χ3v) is 5.70. The van der Waals surface area contributed by atoms with Crippen molar-refractivity contribution < 1.29 is 14.0 Å². The quantitative estimate of drug-likeness (QED) is 0.388. The highest BCUT2D eigenvalue weighted by Gasteiger charge is 2.33. The molecular weight excluding hydrogens is 445 g/mol. The molecule has 0 fully saturated rings. The van der Waals surface area contributed by atoms with Crippen LogP contribution in [-0.4, -0.2) is 33.4 Å². The summed E-state index contributed by atoms with van der Waals surface area (Å²) in [5, 5.41) is 11.2. The molecule has 0 bridgehead atoms. The molecular formula is C27H28FN5O2. The van der Waals surface area contributed by atoms with Crippen molar-refractivity contribution in [2.45, 2.75) is 32.9 Å². The molecule has 1 aromatic heterocycles. The second-order valence-corrected chi connectivity index (χ2v) is 8.77. The Morgan fingerprint density at radius 2 is 1.74 bits per heavy atom. The van der Waals surface area contributed by atoms with E-state index in [9.17, 15) is 14.0 Å². The number of rotatable bonds is 9. The Bertz CT molecular complexity index is 1310. The number of hydrogen-bond acceptors (Lipinski definition) is 4. The van der Waals surface area contributed by atoms with E-state index in [1.165, 1.54) is 27.8 Å². The van der Waals surface area contributed by atoms with Crippen LogP contribution in [0.25, 0.3) is 11.0 Å². The molecule has 0 spiro atoms. The highest BCUT2D eigenvalue weighted by atomic mass is 19.1. The summed E-state index contributed by atoms with van der Waals surface area (Å²) in [5.74, 6) is -0.845. The Morgan fingerprint density at radius 1 is 1.00 bits per heavy atom. The zero-order valence-electron chi connectivity index (χ0n) is 19.8. The molecule has 4 rings (SSSR count). The van der Waals surface area contributed by atoms with Crippen molar-refractivity contribution in [3.63, 3.8) is 0 Å². The minimum atomic E-state index is -0.993. The predicted molar refractivity (Wildman–Crippen MR) is 133 cm³/mol. The summed E-state index contributed by atoms with van der Waals surface area (Å²) in [4.78, 5) is 28.7. The van der Waals surface area contributed by atoms with Crippen molar-refractivity contribution in [2.24, 2.45) is 5.92 Å². The number of carbonyl (C=O) groups excluding carboxylic acids is 2. The van der Waals surface area contributed by atoms with Gasteiger partial charge in [0.05, 0.1) is 5.52 Å². The van der Waals surface area contributed by atoms with Gasteiger partial charge in [0.15, 0.2) is 0 Å². The van der Waals surface area contributed by atoms with Gasteiger partial charge in [0, 0.05) is 12.2 Å². The summed E-state index contributed by atoms with van der Waals surface area (Å²) >= 11 is 0. The largest absolute Gasteiger partial charge is 0.354 e. The molecule has 1 atom stereocenters. The maximum absolute atomic E-state index is 14.3. The lowest BCUT2D eigenvalue weighted by molar-refractivity contribution is -0.127. The normalized spacial score (nSPS) is 12.0. The van der Waals surface area contributed by atoms with Gasteiger partial charge >= 0.3 is 0 Å². The number of benzene rings is 3. The van der Waals surface area contributed by atoms with Crippen molar-refractivity contribution in [2.75, 3.05) is 11.4 Å². The number of para-hydroxylation sites is 1. The second-order valence-electron chi connectivity index (χ2n) is 8.77. The minimum absolute atomic E-state index is 0.167. The van der Waals surface area contributed by atoms with Crippen LogP contribution in [-0.2, 0) is 16.1 Å². The van der Waals surface area contributed by atoms with Crippen molar-refractivity contribution in [1.29, 1.82) is 0 Å². The summed E-state index contributed by atoms with van der Waals surface area (Å²) in [6, 6.07) is 21.1. The van der Waals surface area contributed by atoms with E-state index in [1.807, 2.05) is 42.5 Å². The lowest BCUT2D eigenvalue weighted by Gasteiger charge is -2.31. The molecule has 0 radical (unpaired) electrons. The van der Waals surface area contributed by atoms with Gasteiger partial charge in [-0.3, -0.25) is 14.5 Å². The van der Waals surface area contributed by atoms with Gasteiger partial charge in [0.1, 0.15) is 23.9 Å². The lowest BCUT2D eigenvalue weighted by atomic mass is 10.0. The second kappa shape index (κ2) is 10.9. The van der Waals surface area contributed by atoms with E-state index in [-0.39, 0.29) is 18.1 Å². The van der Waals surface area contributed by atoms with E-state index >= 15 is 0 Å². The number of anilines is 1. The summed E-state index contributed by atoms with van der Waals surface area (Å²) in [5.41, 5.74) is 2.25. The maximum Gasteiger partial charge on any atom is 0.249 e. The zero-order valence-corrected chi connectivity index (χ0v) is 19.8. The Labute approximate surface area is 203 Å². The molecule has 0 saturated carbocycles. The first-order chi connectivity index (χ1) is 16.9. The first-order valence-corrected chi connectivity index (χ1v) is 11.6. The number of aromatic nitrogens is 3. The molecule has 1 N–H and O–H groups in total. The molecule has 0 aliphatic carbocycles. The highest BCUT2D eigenvalue weighted by Crippen LogP contribution is 2.29. The number of amides is 2. The van der Waals surface area contributed by atoms with E-state index in [2.05, 4.69) is 29.5 Å². The topological polar surface area (TPSA) is 80.1 Å². The van der Waals surface area contributed by atoms with Gasteiger partial charge < -0.3 is 5.32 Å². The molecule has 0 saturated heterocycles. The Balaban J connectivity index is 1.74. The fourth-order valence-corrected chi connectivity index (χ4v) is 3.94. The van der Waals surface area contributed by atoms with Crippen molar-refractivity contribution in [1.82, 2.24) is 20.3 Å². The molecule has 0 aliphatic rings. The fourth-order valence-electron chi connectivity index (χ4n) is 3.94. The molecule has 2 amide bonds. The van der Waals surface area contributed by atoms with Gasteiger partial charge in [-0.05, 0) is 48.2 Å². The van der Waals surface area contributed by atoms with E-state index < -0.39 is 17.8 Å². The molecule has 180 valence electrons. The SMILES string of the molecule is CC(C)CCNC(=O)[C@H](c1ccccc1)N(C(=O)Cn1nnc2ccccc21)c1cccc(F)c1. The molecule has 0 aliphatic heterocycles. The molecule has 8 heteroatoms. The number of nitrogens with one attached hydrogen (secondary N) is 1. The fraction of sp³-hybridized carbons (Fsp3) is 0.259. The van der Waals surface area contributed by atoms with Crippen molar-refractivity contribution in [3.8, 4) is 0 Å². The van der Waals surface area contributed by atoms with Crippen LogP contribution in [0.1, 0.15) is 31.9 Å². The molecule has 35 heavy (non-hydrogen) atoms. The molecule has 3 aromatic carbocycles. The van der Waals surface area contributed by atoms with E-state index in [0.717, 1.165) is 6.42 Å². The average molecular weight is 474 g/mol. The van der Waals surface area contributed by atoms with Crippen molar-refractivity contribution in [3.05, 3.63) is 90.2 Å². The maximum atomic E-state index is 14.3. The first-order valence-electron chi connectivity index (χ1n) is 11.6. The predicted octanol–water partition coefficient (Wildman–Crippen LogP) is 4.51. The summed E-state index contributed by atoms with van der Waals surface area (Å²) in [7, 11) is 0. The molecule has 0 unspecified atom stereocenters. The Hall–Kier alpha value is -4.07. The van der Waals surface area contributed by atoms with Crippen LogP contribution in [0, 0.1) is 11.7 Å². The van der Waals surface area contributed by atoms with Gasteiger partial charge in [-0.25, -0.2) is 9.07 Å². The van der Waals surface area contributed by atoms with Gasteiger partial charge in [0.2, 0.25) is 11.8 Å². The van der Waals surface area contributed by atoms with Gasteiger partial charge in [0.25, 0.3) is 0 Å². The molecule has 7 nitrogen and oxygen atoms in total. The van der Waals surface area contributed by atoms with Crippen LogP contribution in [0.15, 0.2) is 78.9 Å². The van der Waals surface area contributed by atoms with E-state index in [4.69, 9.17) is 0 Å². The lowest BCUT2D eigenvalue weighted by Crippen LogP contribution is -2.45. The van der Waals surface area contributed by atoms with Crippen LogP contribution >= 0.6 is 0 Å². The smallest absolute Gasteiger partial charge is 0.249 e. The number of nitrogens with zero attached hydrogens (tertiary/aromatic N) is 4. The summed E-state index contributed by atoms with van der Waals surface area (Å²) in [6.45, 7) is 4.45. The van der Waals surface area contributed by atoms with Crippen LogP contribution in [0.2, 0.25) is 0 Å². The Kier molecular flexibility index (Phi) is 7.50. The summed E-state index contributed by atoms with van der Waals surface area (Å²) < 4.78 is 15.8. The van der Waals surface area contributed by atoms with Crippen molar-refractivity contribution >= 4 is 28.5 Å². The monoisotopic (exact) mass is 473 g/mol. The third-order valence-electron chi connectivity index (χ3n) is 5.70. The van der Waals surface area contributed by atoms with Crippen LogP contribution in [0.4, 0.5) is 10.1 Å². The zero-order chi connectivity index (χ0) is 24.8. The van der Waals surface area contributed by atoms with Crippen LogP contribution in [0.3, 0.4) is 0 Å². The van der Waals surface area contributed by atoms with Gasteiger partial charge in [-0.1, -0.05) is 67.6 Å². The minimum Gasteiger partial charge on any atom is -0.354 e. The summed E-state index contributed by atoms with van der Waals surface area (Å²) in [6.07, 6.45) is 0.798. The van der Waals surface area contributed by atoms with Gasteiger partial charge in [-0.15, -0.1) is 5.10 Å². The number of fused-ring (bicyclic) bond motifs is 1. The number of hydrogen-bond donors (Lipinski definition) is 1. The highest BCUT2D eigenvalue weighted by molar-refractivity contribution is 6.01. The first kappa shape index (κ1) is 24.1. The van der Waals surface area contributed by atoms with E-state index in [0.29, 0.717) is 29.1 Å². The molecule has 1 heterocycles.